The van der Waals surface area contributed by atoms with Crippen molar-refractivity contribution in [1.82, 2.24) is 5.32 Å². The highest BCUT2D eigenvalue weighted by molar-refractivity contribution is 5.31. The van der Waals surface area contributed by atoms with Crippen molar-refractivity contribution in [1.29, 1.82) is 0 Å². The Morgan fingerprint density at radius 1 is 1.06 bits per heavy atom. The summed E-state index contributed by atoms with van der Waals surface area (Å²) in [6.45, 7) is 7.17. The molecule has 0 heterocycles. The van der Waals surface area contributed by atoms with Crippen LogP contribution in [0.15, 0.2) is 18.2 Å². The number of likely N-dealkylation sites (N-methyl/N-ethyl adjacent to an activating group) is 1. The van der Waals surface area contributed by atoms with Gasteiger partial charge in [0, 0.05) is 14.2 Å². The number of benzene rings is 1. The maximum absolute atomic E-state index is 5.36. The molecule has 3 nitrogen and oxygen atoms in total. The minimum Gasteiger partial charge on any atom is -0.354 e. The molecule has 0 aromatic heterocycles. The predicted molar refractivity (Wildman–Crippen MR) is 70.1 cm³/mol. The van der Waals surface area contributed by atoms with Crippen LogP contribution in [0.25, 0.3) is 0 Å². The van der Waals surface area contributed by atoms with Crippen molar-refractivity contribution in [3.8, 4) is 0 Å². The fourth-order valence-corrected chi connectivity index (χ4v) is 2.15. The maximum Gasteiger partial charge on any atom is 0.176 e. The van der Waals surface area contributed by atoms with E-state index in [0.717, 1.165) is 6.54 Å². The summed E-state index contributed by atoms with van der Waals surface area (Å²) in [6.07, 6.45) is -0.267. The Kier molecular flexibility index (Phi) is 5.62. The van der Waals surface area contributed by atoms with E-state index < -0.39 is 0 Å². The molecule has 1 N–H and O–H groups in total. The predicted octanol–water partition coefficient (Wildman–Crippen LogP) is 2.57. The third kappa shape index (κ3) is 3.80. The smallest absolute Gasteiger partial charge is 0.176 e. The normalized spacial score (nSPS) is 13.1. The van der Waals surface area contributed by atoms with Gasteiger partial charge in [-0.3, -0.25) is 0 Å². The molecular formula is C14H23NO2. The van der Waals surface area contributed by atoms with Gasteiger partial charge in [-0.05, 0) is 26.0 Å². The Morgan fingerprint density at radius 3 is 2.00 bits per heavy atom. The van der Waals surface area contributed by atoms with Crippen LogP contribution < -0.4 is 5.32 Å². The molecule has 0 radical (unpaired) electrons. The molecule has 3 heteroatoms. The molecule has 1 aromatic carbocycles. The van der Waals surface area contributed by atoms with Crippen LogP contribution in [0.4, 0.5) is 0 Å². The highest BCUT2D eigenvalue weighted by atomic mass is 16.7. The molecule has 1 unspecified atom stereocenters. The molecule has 0 aliphatic rings. The van der Waals surface area contributed by atoms with E-state index in [1.807, 2.05) is 0 Å². The van der Waals surface area contributed by atoms with E-state index in [9.17, 15) is 0 Å². The molecule has 17 heavy (non-hydrogen) atoms. The number of nitrogens with one attached hydrogen (secondary N) is 1. The van der Waals surface area contributed by atoms with Gasteiger partial charge in [-0.1, -0.05) is 36.2 Å². The average Bonchev–Trinajstić information content (AvgIpc) is 2.28. The average molecular weight is 237 g/mol. The molecule has 0 saturated heterocycles. The van der Waals surface area contributed by atoms with Gasteiger partial charge in [0.15, 0.2) is 6.29 Å². The Balaban J connectivity index is 3.03. The molecule has 1 aromatic rings. The lowest BCUT2D eigenvalue weighted by Gasteiger charge is -2.26. The van der Waals surface area contributed by atoms with Crippen molar-refractivity contribution < 1.29 is 9.47 Å². The summed E-state index contributed by atoms with van der Waals surface area (Å²) in [7, 11) is 3.34. The largest absolute Gasteiger partial charge is 0.354 e. The first kappa shape index (κ1) is 14.2. The molecule has 0 bridgehead atoms. The Bertz CT molecular complexity index is 328. The van der Waals surface area contributed by atoms with E-state index in [0.29, 0.717) is 0 Å². The van der Waals surface area contributed by atoms with Gasteiger partial charge in [-0.2, -0.15) is 0 Å². The van der Waals surface area contributed by atoms with Crippen molar-refractivity contribution in [2.45, 2.75) is 33.1 Å². The van der Waals surface area contributed by atoms with E-state index in [4.69, 9.17) is 9.47 Å². The summed E-state index contributed by atoms with van der Waals surface area (Å²) in [6, 6.07) is 6.58. The van der Waals surface area contributed by atoms with Crippen LogP contribution in [0.5, 0.6) is 0 Å². The fourth-order valence-electron chi connectivity index (χ4n) is 2.15. The van der Waals surface area contributed by atoms with E-state index in [1.54, 1.807) is 14.2 Å². The molecule has 0 spiro atoms. The summed E-state index contributed by atoms with van der Waals surface area (Å²) < 4.78 is 10.7. The van der Waals surface area contributed by atoms with Gasteiger partial charge in [0.25, 0.3) is 0 Å². The number of hydrogen-bond donors (Lipinski definition) is 1. The number of hydrogen-bond acceptors (Lipinski definition) is 3. The van der Waals surface area contributed by atoms with Crippen molar-refractivity contribution in [2.24, 2.45) is 0 Å². The van der Waals surface area contributed by atoms with E-state index in [-0.39, 0.29) is 12.3 Å². The maximum atomic E-state index is 5.36. The molecule has 0 amide bonds. The molecule has 1 atom stereocenters. The van der Waals surface area contributed by atoms with Crippen LogP contribution in [-0.2, 0) is 9.47 Å². The third-order valence-electron chi connectivity index (χ3n) is 2.76. The van der Waals surface area contributed by atoms with Crippen LogP contribution >= 0.6 is 0 Å². The topological polar surface area (TPSA) is 30.5 Å². The summed E-state index contributed by atoms with van der Waals surface area (Å²) in [5.74, 6) is 0. The van der Waals surface area contributed by atoms with Crippen LogP contribution in [0.1, 0.15) is 29.7 Å². The van der Waals surface area contributed by atoms with Crippen molar-refractivity contribution in [3.05, 3.63) is 34.9 Å². The number of rotatable bonds is 6. The van der Waals surface area contributed by atoms with Gasteiger partial charge in [0.2, 0.25) is 0 Å². The zero-order valence-corrected chi connectivity index (χ0v) is 11.4. The van der Waals surface area contributed by atoms with Crippen LogP contribution in [0.3, 0.4) is 0 Å². The number of ether oxygens (including phenoxy) is 2. The van der Waals surface area contributed by atoms with Gasteiger partial charge < -0.3 is 14.8 Å². The Hall–Kier alpha value is -0.900. The van der Waals surface area contributed by atoms with Crippen LogP contribution in [-0.4, -0.2) is 27.1 Å². The van der Waals surface area contributed by atoms with Crippen LogP contribution in [0.2, 0.25) is 0 Å². The Labute approximate surface area is 104 Å². The van der Waals surface area contributed by atoms with Gasteiger partial charge in [0.05, 0.1) is 6.04 Å². The molecule has 0 aliphatic heterocycles. The quantitative estimate of drug-likeness (QED) is 0.771. The monoisotopic (exact) mass is 237 g/mol. The molecule has 96 valence electrons. The van der Waals surface area contributed by atoms with Gasteiger partial charge in [0.1, 0.15) is 0 Å². The first-order chi connectivity index (χ1) is 8.12. The van der Waals surface area contributed by atoms with Gasteiger partial charge in [-0.15, -0.1) is 0 Å². The summed E-state index contributed by atoms with van der Waals surface area (Å²) in [5, 5.41) is 3.41. The van der Waals surface area contributed by atoms with E-state index >= 15 is 0 Å². The van der Waals surface area contributed by atoms with Crippen LogP contribution in [0, 0.1) is 13.8 Å². The number of methoxy groups -OCH3 is 2. The second-order valence-electron chi connectivity index (χ2n) is 4.30. The molecule has 1 rings (SSSR count). The SMILES string of the molecule is CCNC(c1cc(C)cc(C)c1)C(OC)OC. The molecule has 0 aliphatic carbocycles. The molecular weight excluding hydrogens is 214 g/mol. The zero-order valence-electron chi connectivity index (χ0n) is 11.4. The molecule has 0 saturated carbocycles. The fraction of sp³-hybridized carbons (Fsp3) is 0.571. The minimum atomic E-state index is -0.267. The first-order valence-corrected chi connectivity index (χ1v) is 5.99. The Morgan fingerprint density at radius 2 is 1.59 bits per heavy atom. The van der Waals surface area contributed by atoms with Gasteiger partial charge >= 0.3 is 0 Å². The zero-order chi connectivity index (χ0) is 12.8. The standard InChI is InChI=1S/C14H23NO2/c1-6-15-13(14(16-4)17-5)12-8-10(2)7-11(3)9-12/h7-9,13-15H,6H2,1-5H3. The first-order valence-electron chi connectivity index (χ1n) is 5.99. The third-order valence-corrected chi connectivity index (χ3v) is 2.76. The second kappa shape index (κ2) is 6.74. The summed E-state index contributed by atoms with van der Waals surface area (Å²) in [5.41, 5.74) is 3.72. The molecule has 0 fully saturated rings. The minimum absolute atomic E-state index is 0.0635. The van der Waals surface area contributed by atoms with E-state index in [1.165, 1.54) is 16.7 Å². The number of aryl methyl sites for hydroxylation is 2. The van der Waals surface area contributed by atoms with Crippen molar-refractivity contribution in [2.75, 3.05) is 20.8 Å². The summed E-state index contributed by atoms with van der Waals surface area (Å²) >= 11 is 0. The second-order valence-corrected chi connectivity index (χ2v) is 4.30. The van der Waals surface area contributed by atoms with Gasteiger partial charge in [-0.25, -0.2) is 0 Å². The lowest BCUT2D eigenvalue weighted by Crippen LogP contribution is -2.34. The highest BCUT2D eigenvalue weighted by Gasteiger charge is 2.22. The summed E-state index contributed by atoms with van der Waals surface area (Å²) in [4.78, 5) is 0. The van der Waals surface area contributed by atoms with E-state index in [2.05, 4.69) is 44.3 Å². The lowest BCUT2D eigenvalue weighted by atomic mass is 10.0. The van der Waals surface area contributed by atoms with Crippen molar-refractivity contribution >= 4 is 0 Å². The lowest BCUT2D eigenvalue weighted by molar-refractivity contribution is -0.123. The van der Waals surface area contributed by atoms with Crippen molar-refractivity contribution in [3.63, 3.8) is 0 Å². The highest BCUT2D eigenvalue weighted by Crippen LogP contribution is 2.22.